The zero-order chi connectivity index (χ0) is 15.4. The van der Waals surface area contributed by atoms with Crippen LogP contribution in [-0.4, -0.2) is 51.1 Å². The fourth-order valence-corrected chi connectivity index (χ4v) is 2.09. The van der Waals surface area contributed by atoms with Crippen LogP contribution in [-0.2, 0) is 19.0 Å². The third-order valence-electron chi connectivity index (χ3n) is 2.93. The molecule has 0 aliphatic carbocycles. The molecule has 0 spiro atoms. The second kappa shape index (κ2) is 11.1. The van der Waals surface area contributed by atoms with Gasteiger partial charge in [-0.1, -0.05) is 6.92 Å². The molecule has 0 rings (SSSR count). The molecule has 120 valence electrons. The van der Waals surface area contributed by atoms with Crippen molar-refractivity contribution >= 4 is 5.97 Å². The summed E-state index contributed by atoms with van der Waals surface area (Å²) in [5.74, 6) is -0.225. The summed E-state index contributed by atoms with van der Waals surface area (Å²) in [5, 5.41) is 3.27. The minimum atomic E-state index is -0.648. The van der Waals surface area contributed by atoms with Gasteiger partial charge in [0.05, 0.1) is 20.3 Å². The van der Waals surface area contributed by atoms with E-state index in [1.165, 1.54) is 7.11 Å². The Morgan fingerprint density at radius 1 is 1.15 bits per heavy atom. The Bertz CT molecular complexity index is 258. The van der Waals surface area contributed by atoms with Gasteiger partial charge in [-0.2, -0.15) is 0 Å². The molecule has 0 aromatic rings. The molecule has 0 amide bonds. The number of carbonyl (C=O) groups is 1. The van der Waals surface area contributed by atoms with Crippen LogP contribution in [0.4, 0.5) is 0 Å². The summed E-state index contributed by atoms with van der Waals surface area (Å²) in [4.78, 5) is 11.9. The zero-order valence-electron chi connectivity index (χ0n) is 13.7. The summed E-state index contributed by atoms with van der Waals surface area (Å²) in [6, 6.07) is 0.225. The number of rotatable bonds is 12. The van der Waals surface area contributed by atoms with Gasteiger partial charge >= 0.3 is 5.97 Å². The van der Waals surface area contributed by atoms with Gasteiger partial charge in [-0.25, -0.2) is 0 Å². The summed E-state index contributed by atoms with van der Waals surface area (Å²) >= 11 is 0. The van der Waals surface area contributed by atoms with Gasteiger partial charge in [-0.05, 0) is 40.0 Å². The fourth-order valence-electron chi connectivity index (χ4n) is 2.09. The molecule has 0 aliphatic heterocycles. The van der Waals surface area contributed by atoms with Crippen LogP contribution in [0.1, 0.15) is 47.0 Å². The predicted octanol–water partition coefficient (Wildman–Crippen LogP) is 2.14. The van der Waals surface area contributed by atoms with E-state index in [1.807, 2.05) is 20.8 Å². The van der Waals surface area contributed by atoms with Crippen LogP contribution in [0.15, 0.2) is 0 Å². The first-order valence-corrected chi connectivity index (χ1v) is 7.48. The molecule has 5 heteroatoms. The lowest BCUT2D eigenvalue weighted by Crippen LogP contribution is -2.53. The minimum Gasteiger partial charge on any atom is -0.468 e. The van der Waals surface area contributed by atoms with E-state index < -0.39 is 5.54 Å². The molecular weight excluding hydrogens is 258 g/mol. The molecule has 0 fully saturated rings. The third-order valence-corrected chi connectivity index (χ3v) is 2.93. The van der Waals surface area contributed by atoms with Crippen molar-refractivity contribution in [2.24, 2.45) is 0 Å². The Morgan fingerprint density at radius 3 is 2.25 bits per heavy atom. The molecule has 0 heterocycles. The van der Waals surface area contributed by atoms with E-state index >= 15 is 0 Å². The van der Waals surface area contributed by atoms with Gasteiger partial charge in [0, 0.05) is 19.3 Å². The highest BCUT2D eigenvalue weighted by atomic mass is 16.5. The molecule has 0 bridgehead atoms. The quantitative estimate of drug-likeness (QED) is 0.440. The monoisotopic (exact) mass is 289 g/mol. The zero-order valence-corrected chi connectivity index (χ0v) is 13.7. The van der Waals surface area contributed by atoms with Crippen LogP contribution in [0.25, 0.3) is 0 Å². The van der Waals surface area contributed by atoms with Gasteiger partial charge in [-0.15, -0.1) is 0 Å². The maximum atomic E-state index is 11.9. The second-order valence-electron chi connectivity index (χ2n) is 5.45. The average molecular weight is 289 g/mol. The second-order valence-corrected chi connectivity index (χ2v) is 5.45. The van der Waals surface area contributed by atoms with Gasteiger partial charge in [0.2, 0.25) is 0 Å². The molecule has 0 saturated heterocycles. The Morgan fingerprint density at radius 2 is 1.75 bits per heavy atom. The molecular formula is C15H31NO4. The van der Waals surface area contributed by atoms with E-state index in [4.69, 9.17) is 14.2 Å². The van der Waals surface area contributed by atoms with Crippen LogP contribution in [0.3, 0.4) is 0 Å². The first-order chi connectivity index (χ1) is 9.46. The fraction of sp³-hybridized carbons (Fsp3) is 0.933. The minimum absolute atomic E-state index is 0.225. The number of nitrogens with one attached hydrogen (secondary N) is 1. The smallest absolute Gasteiger partial charge is 0.325 e. The lowest BCUT2D eigenvalue weighted by molar-refractivity contribution is -0.148. The SMILES string of the molecule is CCCOCCOCCCC(C)(NC(C)C)C(=O)OC. The van der Waals surface area contributed by atoms with Gasteiger partial charge in [0.25, 0.3) is 0 Å². The Balaban J connectivity index is 3.88. The normalized spacial score (nSPS) is 14.3. The molecule has 20 heavy (non-hydrogen) atoms. The summed E-state index contributed by atoms with van der Waals surface area (Å²) in [5.41, 5.74) is -0.648. The highest BCUT2D eigenvalue weighted by molar-refractivity contribution is 5.80. The van der Waals surface area contributed by atoms with Crippen LogP contribution < -0.4 is 5.32 Å². The summed E-state index contributed by atoms with van der Waals surface area (Å²) in [6.07, 6.45) is 2.52. The molecule has 0 radical (unpaired) electrons. The van der Waals surface area contributed by atoms with Crippen molar-refractivity contribution in [3.8, 4) is 0 Å². The molecule has 0 aliphatic rings. The van der Waals surface area contributed by atoms with Crippen LogP contribution in [0.5, 0.6) is 0 Å². The lowest BCUT2D eigenvalue weighted by atomic mass is 9.95. The Kier molecular flexibility index (Phi) is 10.7. The standard InChI is InChI=1S/C15H31NO4/c1-6-9-19-11-12-20-10-7-8-15(4,14(17)18-5)16-13(2)3/h13,16H,6-12H2,1-5H3. The number of ether oxygens (including phenoxy) is 3. The lowest BCUT2D eigenvalue weighted by Gasteiger charge is -2.30. The number of hydrogen-bond acceptors (Lipinski definition) is 5. The van der Waals surface area contributed by atoms with Crippen molar-refractivity contribution in [1.82, 2.24) is 5.32 Å². The van der Waals surface area contributed by atoms with Crippen molar-refractivity contribution in [2.45, 2.75) is 58.5 Å². The van der Waals surface area contributed by atoms with Crippen molar-refractivity contribution in [2.75, 3.05) is 33.5 Å². The Labute approximate surface area is 123 Å². The molecule has 0 aromatic heterocycles. The van der Waals surface area contributed by atoms with E-state index in [2.05, 4.69) is 12.2 Å². The number of carbonyl (C=O) groups excluding carboxylic acids is 1. The van der Waals surface area contributed by atoms with Crippen molar-refractivity contribution < 1.29 is 19.0 Å². The number of esters is 1. The maximum Gasteiger partial charge on any atom is 0.325 e. The number of hydrogen-bond donors (Lipinski definition) is 1. The van der Waals surface area contributed by atoms with Gasteiger partial charge in [-0.3, -0.25) is 10.1 Å². The maximum absolute atomic E-state index is 11.9. The van der Waals surface area contributed by atoms with Crippen molar-refractivity contribution in [1.29, 1.82) is 0 Å². The van der Waals surface area contributed by atoms with E-state index in [0.29, 0.717) is 26.2 Å². The van der Waals surface area contributed by atoms with Crippen molar-refractivity contribution in [3.05, 3.63) is 0 Å². The topological polar surface area (TPSA) is 56.8 Å². The molecule has 1 atom stereocenters. The molecule has 1 unspecified atom stereocenters. The van der Waals surface area contributed by atoms with Gasteiger partial charge < -0.3 is 14.2 Å². The summed E-state index contributed by atoms with van der Waals surface area (Å²) in [6.45, 7) is 10.6. The average Bonchev–Trinajstić information content (AvgIpc) is 2.40. The van der Waals surface area contributed by atoms with E-state index in [0.717, 1.165) is 19.4 Å². The Hall–Kier alpha value is -0.650. The van der Waals surface area contributed by atoms with E-state index in [-0.39, 0.29) is 12.0 Å². The first-order valence-electron chi connectivity index (χ1n) is 7.48. The first kappa shape index (κ1) is 19.4. The van der Waals surface area contributed by atoms with Gasteiger partial charge in [0.15, 0.2) is 0 Å². The third kappa shape index (κ3) is 8.51. The molecule has 1 N–H and O–H groups in total. The predicted molar refractivity (Wildman–Crippen MR) is 79.9 cm³/mol. The van der Waals surface area contributed by atoms with Crippen LogP contribution in [0, 0.1) is 0 Å². The highest BCUT2D eigenvalue weighted by Gasteiger charge is 2.33. The van der Waals surface area contributed by atoms with Crippen LogP contribution in [0.2, 0.25) is 0 Å². The van der Waals surface area contributed by atoms with Gasteiger partial charge in [0.1, 0.15) is 5.54 Å². The van der Waals surface area contributed by atoms with Crippen molar-refractivity contribution in [3.63, 3.8) is 0 Å². The summed E-state index contributed by atoms with van der Waals surface area (Å²) in [7, 11) is 1.42. The number of methoxy groups -OCH3 is 1. The molecule has 0 saturated carbocycles. The summed E-state index contributed by atoms with van der Waals surface area (Å²) < 4.78 is 15.7. The molecule has 0 aromatic carbocycles. The largest absolute Gasteiger partial charge is 0.468 e. The molecule has 5 nitrogen and oxygen atoms in total. The van der Waals surface area contributed by atoms with E-state index in [1.54, 1.807) is 0 Å². The van der Waals surface area contributed by atoms with E-state index in [9.17, 15) is 4.79 Å². The van der Waals surface area contributed by atoms with Crippen LogP contribution >= 0.6 is 0 Å². The highest BCUT2D eigenvalue weighted by Crippen LogP contribution is 2.15.